The Bertz CT molecular complexity index is 1160. The van der Waals surface area contributed by atoms with Gasteiger partial charge in [0.15, 0.2) is 5.78 Å². The van der Waals surface area contributed by atoms with Crippen molar-refractivity contribution in [3.05, 3.63) is 62.8 Å². The van der Waals surface area contributed by atoms with Gasteiger partial charge in [-0.25, -0.2) is 0 Å². The summed E-state index contributed by atoms with van der Waals surface area (Å²) in [4.78, 5) is 18.8. The van der Waals surface area contributed by atoms with E-state index in [0.29, 0.717) is 5.57 Å². The number of carbonyl (C=O) groups is 1. The molecule has 0 bridgehead atoms. The lowest BCUT2D eigenvalue weighted by Gasteiger charge is -2.39. The molecule has 6 heteroatoms. The number of hydrogen-bond donors (Lipinski definition) is 1. The Hall–Kier alpha value is -2.36. The number of ketones is 1. The molecule has 5 nitrogen and oxygen atoms in total. The summed E-state index contributed by atoms with van der Waals surface area (Å²) in [6.07, 6.45) is 8.52. The standard InChI is InChI=1S/C26H27BrN4O/c1-26(2)19-13-22(31-9-7-30(8-10-31)16-4-5-16)20(27)12-18(19)24(32)23-17-6-3-15(14-28)11-21(17)29-25(23)26/h3,6,11-13,16-17,21,29H,4-5,7-10H2,1-2H3. The number of carbonyl (C=O) groups excluding carboxylic acids is 1. The summed E-state index contributed by atoms with van der Waals surface area (Å²) in [6, 6.07) is 7.29. The van der Waals surface area contributed by atoms with Gasteiger partial charge in [0.05, 0.1) is 17.8 Å². The first kappa shape index (κ1) is 20.3. The van der Waals surface area contributed by atoms with Gasteiger partial charge in [-0.2, -0.15) is 5.26 Å². The van der Waals surface area contributed by atoms with E-state index in [-0.39, 0.29) is 23.2 Å². The smallest absolute Gasteiger partial charge is 0.191 e. The van der Waals surface area contributed by atoms with Gasteiger partial charge in [0.25, 0.3) is 0 Å². The van der Waals surface area contributed by atoms with Crippen molar-refractivity contribution in [2.24, 2.45) is 5.92 Å². The maximum atomic E-state index is 13.7. The van der Waals surface area contributed by atoms with Crippen LogP contribution in [0.5, 0.6) is 0 Å². The largest absolute Gasteiger partial charge is 0.380 e. The molecule has 0 aromatic heterocycles. The average Bonchev–Trinajstić information content (AvgIpc) is 3.57. The lowest BCUT2D eigenvalue weighted by atomic mass is 9.70. The van der Waals surface area contributed by atoms with Crippen LogP contribution in [-0.4, -0.2) is 48.9 Å². The summed E-state index contributed by atoms with van der Waals surface area (Å²) >= 11 is 3.79. The fourth-order valence-corrected chi connectivity index (χ4v) is 6.51. The van der Waals surface area contributed by atoms with Crippen LogP contribution >= 0.6 is 15.9 Å². The third-order valence-electron chi connectivity index (χ3n) is 7.86. The fourth-order valence-electron chi connectivity index (χ4n) is 5.91. The number of nitriles is 1. The lowest BCUT2D eigenvalue weighted by Crippen LogP contribution is -2.47. The molecule has 2 atom stereocenters. The van der Waals surface area contributed by atoms with Crippen LogP contribution in [0.4, 0.5) is 5.69 Å². The summed E-state index contributed by atoms with van der Waals surface area (Å²) in [6.45, 7) is 8.67. The number of Topliss-reactive ketones (excluding diaryl/α,β-unsaturated/α-hetero) is 1. The molecular weight excluding hydrogens is 464 g/mol. The maximum absolute atomic E-state index is 13.7. The molecular formula is C26H27BrN4O. The van der Waals surface area contributed by atoms with E-state index in [0.717, 1.165) is 59.1 Å². The van der Waals surface area contributed by atoms with Gasteiger partial charge in [0.2, 0.25) is 0 Å². The molecule has 32 heavy (non-hydrogen) atoms. The van der Waals surface area contributed by atoms with Crippen LogP contribution in [-0.2, 0) is 5.41 Å². The molecule has 2 aliphatic heterocycles. The van der Waals surface area contributed by atoms with Crippen LogP contribution in [0.3, 0.4) is 0 Å². The third kappa shape index (κ3) is 2.94. The number of piperazine rings is 1. The first-order valence-corrected chi connectivity index (χ1v) is 12.4. The minimum atomic E-state index is -0.310. The Morgan fingerprint density at radius 1 is 1.19 bits per heavy atom. The zero-order chi connectivity index (χ0) is 22.2. The summed E-state index contributed by atoms with van der Waals surface area (Å²) in [7, 11) is 0. The highest BCUT2D eigenvalue weighted by molar-refractivity contribution is 9.10. The molecule has 2 fully saturated rings. The van der Waals surface area contributed by atoms with Crippen LogP contribution in [0, 0.1) is 17.2 Å². The van der Waals surface area contributed by atoms with E-state index >= 15 is 0 Å². The maximum Gasteiger partial charge on any atom is 0.191 e. The SMILES string of the molecule is CC1(C)C2=C(C(=O)c3cc(Br)c(N4CCN(C5CC5)CC4)cc31)C1C=CC(C#N)=CC1N2. The number of nitrogens with one attached hydrogen (secondary N) is 1. The topological polar surface area (TPSA) is 59.4 Å². The van der Waals surface area contributed by atoms with Crippen molar-refractivity contribution in [3.63, 3.8) is 0 Å². The Kier molecular flexibility index (Phi) is 4.48. The van der Waals surface area contributed by atoms with E-state index in [4.69, 9.17) is 0 Å². The van der Waals surface area contributed by atoms with Crippen molar-refractivity contribution < 1.29 is 4.79 Å². The van der Waals surface area contributed by atoms with E-state index in [9.17, 15) is 10.1 Å². The van der Waals surface area contributed by atoms with Gasteiger partial charge in [0, 0.05) is 70.4 Å². The number of nitrogens with zero attached hydrogens (tertiary/aromatic N) is 3. The van der Waals surface area contributed by atoms with Crippen LogP contribution in [0.2, 0.25) is 0 Å². The average molecular weight is 491 g/mol. The number of benzene rings is 1. The molecule has 0 amide bonds. The van der Waals surface area contributed by atoms with E-state index in [1.165, 1.54) is 18.5 Å². The summed E-state index contributed by atoms with van der Waals surface area (Å²) in [5, 5.41) is 12.9. The second-order valence-electron chi connectivity index (χ2n) is 10.1. The molecule has 0 spiro atoms. The molecule has 1 saturated heterocycles. The van der Waals surface area contributed by atoms with Gasteiger partial charge in [-0.1, -0.05) is 19.9 Å². The molecule has 5 aliphatic rings. The van der Waals surface area contributed by atoms with Crippen LogP contribution in [0.25, 0.3) is 0 Å². The molecule has 1 aromatic rings. The third-order valence-corrected chi connectivity index (χ3v) is 8.50. The van der Waals surface area contributed by atoms with E-state index in [1.807, 2.05) is 24.3 Å². The number of allylic oxidation sites excluding steroid dienone is 3. The molecule has 0 radical (unpaired) electrons. The number of anilines is 1. The zero-order valence-corrected chi connectivity index (χ0v) is 20.1. The highest BCUT2D eigenvalue weighted by Gasteiger charge is 2.48. The highest BCUT2D eigenvalue weighted by atomic mass is 79.9. The first-order valence-electron chi connectivity index (χ1n) is 11.6. The molecule has 3 aliphatic carbocycles. The van der Waals surface area contributed by atoms with Crippen molar-refractivity contribution in [2.75, 3.05) is 31.1 Å². The van der Waals surface area contributed by atoms with Gasteiger partial charge in [0.1, 0.15) is 0 Å². The van der Waals surface area contributed by atoms with E-state index in [2.05, 4.69) is 57.0 Å². The van der Waals surface area contributed by atoms with Gasteiger partial charge < -0.3 is 10.2 Å². The molecule has 1 saturated carbocycles. The second-order valence-corrected chi connectivity index (χ2v) is 11.0. The van der Waals surface area contributed by atoms with Crippen molar-refractivity contribution >= 4 is 27.4 Å². The quantitative estimate of drug-likeness (QED) is 0.676. The highest BCUT2D eigenvalue weighted by Crippen LogP contribution is 2.49. The van der Waals surface area contributed by atoms with Crippen molar-refractivity contribution in [1.82, 2.24) is 10.2 Å². The number of halogens is 1. The second kappa shape index (κ2) is 7.07. The summed E-state index contributed by atoms with van der Waals surface area (Å²) in [5.74, 6) is 0.0922. The molecule has 2 heterocycles. The zero-order valence-electron chi connectivity index (χ0n) is 18.5. The summed E-state index contributed by atoms with van der Waals surface area (Å²) < 4.78 is 0.998. The van der Waals surface area contributed by atoms with Gasteiger partial charge in [-0.3, -0.25) is 9.69 Å². The van der Waals surface area contributed by atoms with Crippen LogP contribution in [0.15, 0.2) is 51.7 Å². The van der Waals surface area contributed by atoms with Gasteiger partial charge in [-0.05, 0) is 58.6 Å². The number of hydrogen-bond acceptors (Lipinski definition) is 5. The number of fused-ring (bicyclic) bond motifs is 3. The van der Waals surface area contributed by atoms with Crippen molar-refractivity contribution in [3.8, 4) is 6.07 Å². The van der Waals surface area contributed by atoms with Gasteiger partial charge in [-0.15, -0.1) is 0 Å². The Labute approximate surface area is 197 Å². The molecule has 164 valence electrons. The number of rotatable bonds is 2. The fraction of sp³-hybridized carbons (Fsp3) is 0.462. The van der Waals surface area contributed by atoms with Crippen molar-refractivity contribution in [2.45, 2.75) is 44.2 Å². The normalized spacial score (nSPS) is 28.5. The van der Waals surface area contributed by atoms with E-state index < -0.39 is 0 Å². The minimum Gasteiger partial charge on any atom is -0.380 e. The molecule has 6 rings (SSSR count). The Morgan fingerprint density at radius 2 is 1.94 bits per heavy atom. The predicted molar refractivity (Wildman–Crippen MR) is 129 cm³/mol. The molecule has 1 aromatic carbocycles. The first-order chi connectivity index (χ1) is 15.4. The summed E-state index contributed by atoms with van der Waals surface area (Å²) in [5.41, 5.74) is 5.28. The molecule has 2 unspecified atom stereocenters. The van der Waals surface area contributed by atoms with Crippen LogP contribution < -0.4 is 10.2 Å². The van der Waals surface area contributed by atoms with Gasteiger partial charge >= 0.3 is 0 Å². The van der Waals surface area contributed by atoms with Crippen molar-refractivity contribution in [1.29, 1.82) is 5.26 Å². The monoisotopic (exact) mass is 490 g/mol. The van der Waals surface area contributed by atoms with E-state index in [1.54, 1.807) is 0 Å². The Morgan fingerprint density at radius 3 is 2.62 bits per heavy atom. The predicted octanol–water partition coefficient (Wildman–Crippen LogP) is 4.07. The minimum absolute atomic E-state index is 0.0176. The Balaban J connectivity index is 1.36. The van der Waals surface area contributed by atoms with Crippen LogP contribution in [0.1, 0.15) is 42.6 Å². The lowest BCUT2D eigenvalue weighted by molar-refractivity contribution is 0.102. The molecule has 1 N–H and O–H groups in total.